The van der Waals surface area contributed by atoms with Crippen molar-refractivity contribution in [1.82, 2.24) is 4.98 Å². The molecule has 1 fully saturated rings. The quantitative estimate of drug-likeness (QED) is 0.902. The van der Waals surface area contributed by atoms with Crippen LogP contribution >= 0.6 is 0 Å². The van der Waals surface area contributed by atoms with Crippen molar-refractivity contribution in [2.45, 2.75) is 52.0 Å². The smallest absolute Gasteiger partial charge is 0.128 e. The molecular formula is C16H27N3. The molecule has 1 aliphatic rings. The van der Waals surface area contributed by atoms with Gasteiger partial charge in [0.25, 0.3) is 0 Å². The van der Waals surface area contributed by atoms with Gasteiger partial charge in [0.1, 0.15) is 5.82 Å². The molecule has 0 spiro atoms. The Hall–Kier alpha value is -1.09. The highest BCUT2D eigenvalue weighted by atomic mass is 15.2. The molecule has 2 N–H and O–H groups in total. The van der Waals surface area contributed by atoms with E-state index in [1.807, 2.05) is 13.1 Å². The van der Waals surface area contributed by atoms with Crippen LogP contribution < -0.4 is 10.6 Å². The monoisotopic (exact) mass is 261 g/mol. The first-order valence-electron chi connectivity index (χ1n) is 7.67. The number of hydrogen-bond donors (Lipinski definition) is 1. The topological polar surface area (TPSA) is 42.1 Å². The van der Waals surface area contributed by atoms with Crippen molar-refractivity contribution in [3.05, 3.63) is 23.9 Å². The summed E-state index contributed by atoms with van der Waals surface area (Å²) in [5.74, 6) is 2.03. The zero-order valence-corrected chi connectivity index (χ0v) is 12.3. The van der Waals surface area contributed by atoms with E-state index < -0.39 is 0 Å². The summed E-state index contributed by atoms with van der Waals surface area (Å²) < 4.78 is 0. The van der Waals surface area contributed by atoms with Gasteiger partial charge in [-0.1, -0.05) is 25.8 Å². The minimum absolute atomic E-state index is 0.0691. The molecule has 1 unspecified atom stereocenters. The predicted molar refractivity (Wildman–Crippen MR) is 81.3 cm³/mol. The number of nitrogens with zero attached hydrogens (tertiary/aromatic N) is 2. The fourth-order valence-corrected chi connectivity index (χ4v) is 2.95. The minimum atomic E-state index is 0.0691. The first kappa shape index (κ1) is 14.3. The lowest BCUT2D eigenvalue weighted by Gasteiger charge is -2.22. The predicted octanol–water partition coefficient (Wildman–Crippen LogP) is 3.51. The van der Waals surface area contributed by atoms with Crippen molar-refractivity contribution in [1.29, 1.82) is 0 Å². The molecule has 1 aliphatic heterocycles. The average molecular weight is 261 g/mol. The van der Waals surface area contributed by atoms with E-state index in [9.17, 15) is 0 Å². The van der Waals surface area contributed by atoms with E-state index in [0.29, 0.717) is 0 Å². The van der Waals surface area contributed by atoms with Crippen molar-refractivity contribution >= 4 is 5.82 Å². The van der Waals surface area contributed by atoms with Gasteiger partial charge < -0.3 is 10.6 Å². The molecule has 0 amide bonds. The second-order valence-corrected chi connectivity index (χ2v) is 5.81. The minimum Gasteiger partial charge on any atom is -0.357 e. The molecule has 0 radical (unpaired) electrons. The van der Waals surface area contributed by atoms with Gasteiger partial charge in [0.05, 0.1) is 0 Å². The van der Waals surface area contributed by atoms with Crippen molar-refractivity contribution in [3.63, 3.8) is 0 Å². The van der Waals surface area contributed by atoms with E-state index >= 15 is 0 Å². The van der Waals surface area contributed by atoms with Crippen LogP contribution in [0.4, 0.5) is 5.82 Å². The molecule has 0 aromatic carbocycles. The fraction of sp³-hybridized carbons (Fsp3) is 0.688. The lowest BCUT2D eigenvalue weighted by Crippen LogP contribution is -2.25. The van der Waals surface area contributed by atoms with E-state index in [4.69, 9.17) is 5.73 Å². The Morgan fingerprint density at radius 1 is 1.37 bits per heavy atom. The van der Waals surface area contributed by atoms with Gasteiger partial charge in [0.15, 0.2) is 0 Å². The molecule has 0 saturated carbocycles. The second kappa shape index (κ2) is 6.90. The molecule has 3 heteroatoms. The third kappa shape index (κ3) is 3.93. The van der Waals surface area contributed by atoms with Crippen molar-refractivity contribution in [2.75, 3.05) is 18.0 Å². The normalized spacial score (nSPS) is 22.1. The van der Waals surface area contributed by atoms with Gasteiger partial charge >= 0.3 is 0 Å². The summed E-state index contributed by atoms with van der Waals surface area (Å²) in [5, 5.41) is 0. The maximum absolute atomic E-state index is 5.87. The van der Waals surface area contributed by atoms with Gasteiger partial charge in [0.2, 0.25) is 0 Å². The Bertz CT molecular complexity index is 372. The van der Waals surface area contributed by atoms with Crippen LogP contribution in [-0.2, 0) is 0 Å². The highest BCUT2D eigenvalue weighted by molar-refractivity contribution is 5.39. The van der Waals surface area contributed by atoms with Gasteiger partial charge in [-0.15, -0.1) is 0 Å². The molecule has 2 rings (SSSR count). The molecule has 1 saturated heterocycles. The maximum atomic E-state index is 5.87. The molecule has 1 aromatic rings. The molecule has 1 aromatic heterocycles. The van der Waals surface area contributed by atoms with Gasteiger partial charge in [-0.3, -0.25) is 0 Å². The van der Waals surface area contributed by atoms with Crippen LogP contribution in [0.25, 0.3) is 0 Å². The molecule has 106 valence electrons. The Labute approximate surface area is 117 Å². The van der Waals surface area contributed by atoms with Crippen molar-refractivity contribution in [3.8, 4) is 0 Å². The van der Waals surface area contributed by atoms with Crippen molar-refractivity contribution in [2.24, 2.45) is 11.7 Å². The summed E-state index contributed by atoms with van der Waals surface area (Å²) in [7, 11) is 0. The van der Waals surface area contributed by atoms with E-state index in [2.05, 4.69) is 28.9 Å². The Morgan fingerprint density at radius 2 is 2.21 bits per heavy atom. The summed E-state index contributed by atoms with van der Waals surface area (Å²) in [4.78, 5) is 7.01. The highest BCUT2D eigenvalue weighted by Crippen LogP contribution is 2.24. The fourth-order valence-electron chi connectivity index (χ4n) is 2.95. The first-order valence-corrected chi connectivity index (χ1v) is 7.67. The lowest BCUT2D eigenvalue weighted by molar-refractivity contribution is 0.435. The molecule has 3 nitrogen and oxygen atoms in total. The molecule has 19 heavy (non-hydrogen) atoms. The lowest BCUT2D eigenvalue weighted by atomic mass is 9.96. The Balaban J connectivity index is 1.97. The van der Waals surface area contributed by atoms with Crippen LogP contribution in [0.3, 0.4) is 0 Å². The molecular weight excluding hydrogens is 234 g/mol. The number of anilines is 1. The van der Waals surface area contributed by atoms with Gasteiger partial charge in [-0.05, 0) is 43.7 Å². The highest BCUT2D eigenvalue weighted by Gasteiger charge is 2.17. The third-order valence-corrected chi connectivity index (χ3v) is 4.17. The number of nitrogens with two attached hydrogens (primary N) is 1. The zero-order chi connectivity index (χ0) is 13.7. The van der Waals surface area contributed by atoms with Crippen LogP contribution in [0, 0.1) is 5.92 Å². The molecule has 0 aliphatic carbocycles. The van der Waals surface area contributed by atoms with Crippen LogP contribution in [0.15, 0.2) is 18.3 Å². The largest absolute Gasteiger partial charge is 0.357 e. The summed E-state index contributed by atoms with van der Waals surface area (Å²) >= 11 is 0. The van der Waals surface area contributed by atoms with E-state index in [-0.39, 0.29) is 6.04 Å². The average Bonchev–Trinajstić information content (AvgIpc) is 2.65. The van der Waals surface area contributed by atoms with Crippen molar-refractivity contribution < 1.29 is 0 Å². The summed E-state index contributed by atoms with van der Waals surface area (Å²) in [6, 6.07) is 4.31. The maximum Gasteiger partial charge on any atom is 0.128 e. The van der Waals surface area contributed by atoms with Gasteiger partial charge in [-0.2, -0.15) is 0 Å². The number of aromatic nitrogens is 1. The summed E-state index contributed by atoms with van der Waals surface area (Å²) in [5.41, 5.74) is 6.98. The van der Waals surface area contributed by atoms with E-state index in [0.717, 1.165) is 30.4 Å². The number of hydrogen-bond acceptors (Lipinski definition) is 3. The summed E-state index contributed by atoms with van der Waals surface area (Å²) in [6.07, 6.45) is 8.60. The third-order valence-electron chi connectivity index (χ3n) is 4.17. The zero-order valence-electron chi connectivity index (χ0n) is 12.3. The Morgan fingerprint density at radius 3 is 2.84 bits per heavy atom. The molecule has 2 heterocycles. The van der Waals surface area contributed by atoms with E-state index in [1.165, 1.54) is 32.1 Å². The summed E-state index contributed by atoms with van der Waals surface area (Å²) in [6.45, 7) is 6.58. The first-order chi connectivity index (χ1) is 9.20. The SMILES string of the molecule is CCCC1CCCN(c2ccc([C@@H](C)N)cn2)CC1. The van der Waals surface area contributed by atoms with Crippen LogP contribution in [0.5, 0.6) is 0 Å². The second-order valence-electron chi connectivity index (χ2n) is 5.81. The van der Waals surface area contributed by atoms with Crippen LogP contribution in [-0.4, -0.2) is 18.1 Å². The van der Waals surface area contributed by atoms with Gasteiger partial charge in [-0.25, -0.2) is 4.98 Å². The molecule has 0 bridgehead atoms. The van der Waals surface area contributed by atoms with Crippen LogP contribution in [0.1, 0.15) is 57.6 Å². The van der Waals surface area contributed by atoms with Crippen LogP contribution in [0.2, 0.25) is 0 Å². The Kier molecular flexibility index (Phi) is 5.20. The standard InChI is InChI=1S/C16H27N3/c1-3-5-14-6-4-10-19(11-9-14)16-8-7-15(12-18-16)13(2)17/h7-8,12-14H,3-6,9-11,17H2,1-2H3/t13-,14?/m1/s1. The number of rotatable bonds is 4. The van der Waals surface area contributed by atoms with E-state index in [1.54, 1.807) is 0 Å². The molecule has 2 atom stereocenters. The number of pyridine rings is 1. The van der Waals surface area contributed by atoms with Gasteiger partial charge in [0, 0.05) is 25.3 Å².